The van der Waals surface area contributed by atoms with Gasteiger partial charge in [0.25, 0.3) is 11.8 Å². The number of nitrogens with zero attached hydrogens (tertiary/aromatic N) is 1. The van der Waals surface area contributed by atoms with Crippen molar-refractivity contribution < 1.29 is 19.1 Å². The monoisotopic (exact) mass is 503 g/mol. The van der Waals surface area contributed by atoms with Gasteiger partial charge in [0.05, 0.1) is 11.6 Å². The highest BCUT2D eigenvalue weighted by Crippen LogP contribution is 2.37. The molecule has 36 heavy (non-hydrogen) atoms. The fourth-order valence-corrected chi connectivity index (χ4v) is 3.54. The van der Waals surface area contributed by atoms with Crippen molar-refractivity contribution in [3.8, 4) is 17.6 Å². The number of anilines is 2. The van der Waals surface area contributed by atoms with E-state index in [9.17, 15) is 14.9 Å². The van der Waals surface area contributed by atoms with Gasteiger partial charge in [0, 0.05) is 11.4 Å². The molecule has 2 amide bonds. The van der Waals surface area contributed by atoms with Crippen molar-refractivity contribution in [2.45, 2.75) is 20.8 Å². The van der Waals surface area contributed by atoms with Gasteiger partial charge in [0.15, 0.2) is 18.1 Å². The lowest BCUT2D eigenvalue weighted by molar-refractivity contribution is -0.118. The average molecular weight is 504 g/mol. The maximum atomic E-state index is 12.5. The standard InChI is InChI=1S/C28H26ClN3O4/c1-4-35-25-15-20(13-21(16-30)28(34)32-22-8-6-5-7-9-22)14-24(29)27(25)36-17-26(33)31-23-11-10-18(2)19(3)12-23/h5-15H,4,17H2,1-3H3,(H,31,33)(H,32,34)/b21-13+. The van der Waals surface area contributed by atoms with E-state index in [0.717, 1.165) is 11.1 Å². The first-order chi connectivity index (χ1) is 17.3. The Bertz CT molecular complexity index is 1330. The Morgan fingerprint density at radius 1 is 0.972 bits per heavy atom. The van der Waals surface area contributed by atoms with Crippen LogP contribution in [-0.4, -0.2) is 25.0 Å². The van der Waals surface area contributed by atoms with Crippen LogP contribution in [0.1, 0.15) is 23.6 Å². The van der Waals surface area contributed by atoms with Crippen LogP contribution in [0.25, 0.3) is 6.08 Å². The van der Waals surface area contributed by atoms with Crippen molar-refractivity contribution in [3.63, 3.8) is 0 Å². The van der Waals surface area contributed by atoms with Gasteiger partial charge in [-0.3, -0.25) is 9.59 Å². The van der Waals surface area contributed by atoms with Gasteiger partial charge in [-0.05, 0) is 79.9 Å². The lowest BCUT2D eigenvalue weighted by Gasteiger charge is -2.15. The van der Waals surface area contributed by atoms with E-state index in [1.807, 2.05) is 44.2 Å². The number of hydrogen-bond donors (Lipinski definition) is 2. The van der Waals surface area contributed by atoms with Crippen LogP contribution in [0.15, 0.2) is 66.2 Å². The molecule has 0 unspecified atom stereocenters. The molecule has 0 saturated carbocycles. The number of amides is 2. The van der Waals surface area contributed by atoms with Crippen LogP contribution >= 0.6 is 11.6 Å². The molecule has 0 fully saturated rings. The van der Waals surface area contributed by atoms with Gasteiger partial charge in [-0.15, -0.1) is 0 Å². The molecule has 3 aromatic rings. The van der Waals surface area contributed by atoms with Gasteiger partial charge in [-0.25, -0.2) is 0 Å². The van der Waals surface area contributed by atoms with E-state index in [1.54, 1.807) is 37.3 Å². The average Bonchev–Trinajstić information content (AvgIpc) is 2.85. The Morgan fingerprint density at radius 2 is 1.72 bits per heavy atom. The number of nitriles is 1. The van der Waals surface area contributed by atoms with Crippen LogP contribution in [0.4, 0.5) is 11.4 Å². The van der Waals surface area contributed by atoms with Crippen LogP contribution in [0.5, 0.6) is 11.5 Å². The number of carbonyl (C=O) groups excluding carboxylic acids is 2. The Balaban J connectivity index is 1.76. The fraction of sp³-hybridized carbons (Fsp3) is 0.179. The zero-order chi connectivity index (χ0) is 26.1. The molecule has 0 aliphatic carbocycles. The minimum absolute atomic E-state index is 0.112. The highest BCUT2D eigenvalue weighted by molar-refractivity contribution is 6.32. The van der Waals surface area contributed by atoms with Crippen LogP contribution in [-0.2, 0) is 9.59 Å². The Morgan fingerprint density at radius 3 is 2.39 bits per heavy atom. The summed E-state index contributed by atoms with van der Waals surface area (Å²) in [7, 11) is 0. The smallest absolute Gasteiger partial charge is 0.266 e. The molecule has 0 aromatic heterocycles. The van der Waals surface area contributed by atoms with E-state index in [2.05, 4.69) is 10.6 Å². The number of para-hydroxylation sites is 1. The van der Waals surface area contributed by atoms with E-state index < -0.39 is 5.91 Å². The SMILES string of the molecule is CCOc1cc(/C=C(\C#N)C(=O)Nc2ccccc2)cc(Cl)c1OCC(=O)Nc1ccc(C)c(C)c1. The second-order valence-electron chi connectivity index (χ2n) is 7.89. The van der Waals surface area contributed by atoms with Crippen molar-refractivity contribution in [3.05, 3.63) is 87.9 Å². The molecule has 0 radical (unpaired) electrons. The number of nitrogens with one attached hydrogen (secondary N) is 2. The molecule has 2 N–H and O–H groups in total. The molecule has 3 rings (SSSR count). The summed E-state index contributed by atoms with van der Waals surface area (Å²) in [6.07, 6.45) is 1.41. The third kappa shape index (κ3) is 7.11. The Labute approximate surface area is 215 Å². The molecular weight excluding hydrogens is 478 g/mol. The highest BCUT2D eigenvalue weighted by atomic mass is 35.5. The van der Waals surface area contributed by atoms with Crippen LogP contribution in [0.2, 0.25) is 5.02 Å². The topological polar surface area (TPSA) is 100 Å². The minimum atomic E-state index is -0.555. The molecule has 0 atom stereocenters. The van der Waals surface area contributed by atoms with Gasteiger partial charge >= 0.3 is 0 Å². The molecular formula is C28H26ClN3O4. The Hall–Kier alpha value is -4.28. The molecule has 0 heterocycles. The molecule has 184 valence electrons. The summed E-state index contributed by atoms with van der Waals surface area (Å²) >= 11 is 6.44. The van der Waals surface area contributed by atoms with E-state index in [-0.39, 0.29) is 34.6 Å². The molecule has 0 bridgehead atoms. The van der Waals surface area contributed by atoms with Gasteiger partial charge < -0.3 is 20.1 Å². The molecule has 0 spiro atoms. The number of halogens is 1. The van der Waals surface area contributed by atoms with Crippen LogP contribution < -0.4 is 20.1 Å². The van der Waals surface area contributed by atoms with Crippen molar-refractivity contribution in [1.29, 1.82) is 5.26 Å². The van der Waals surface area contributed by atoms with Gasteiger partial charge in [-0.1, -0.05) is 35.9 Å². The maximum Gasteiger partial charge on any atom is 0.266 e. The molecule has 0 saturated heterocycles. The zero-order valence-corrected chi connectivity index (χ0v) is 21.0. The molecule has 8 heteroatoms. The number of aryl methyl sites for hydroxylation is 2. The number of hydrogen-bond acceptors (Lipinski definition) is 5. The molecule has 0 aliphatic rings. The van der Waals surface area contributed by atoms with Crippen molar-refractivity contribution >= 4 is 40.9 Å². The van der Waals surface area contributed by atoms with Crippen LogP contribution in [0, 0.1) is 25.2 Å². The first-order valence-corrected chi connectivity index (χ1v) is 11.6. The van der Waals surface area contributed by atoms with Crippen molar-refractivity contribution in [2.24, 2.45) is 0 Å². The van der Waals surface area contributed by atoms with E-state index >= 15 is 0 Å². The van der Waals surface area contributed by atoms with Crippen molar-refractivity contribution in [1.82, 2.24) is 0 Å². The lowest BCUT2D eigenvalue weighted by atomic mass is 10.1. The quantitative estimate of drug-likeness (QED) is 0.279. The molecule has 7 nitrogen and oxygen atoms in total. The zero-order valence-electron chi connectivity index (χ0n) is 20.2. The third-order valence-electron chi connectivity index (χ3n) is 5.18. The summed E-state index contributed by atoms with van der Waals surface area (Å²) in [6.45, 7) is 5.78. The lowest BCUT2D eigenvalue weighted by Crippen LogP contribution is -2.20. The normalized spacial score (nSPS) is 10.8. The highest BCUT2D eigenvalue weighted by Gasteiger charge is 2.16. The third-order valence-corrected chi connectivity index (χ3v) is 5.46. The number of carbonyl (C=O) groups is 2. The van der Waals surface area contributed by atoms with E-state index in [0.29, 0.717) is 23.5 Å². The first kappa shape index (κ1) is 26.3. The second kappa shape index (κ2) is 12.4. The van der Waals surface area contributed by atoms with Crippen LogP contribution in [0.3, 0.4) is 0 Å². The van der Waals surface area contributed by atoms with E-state index in [1.165, 1.54) is 12.1 Å². The molecule has 0 aliphatic heterocycles. The predicted octanol–water partition coefficient (Wildman–Crippen LogP) is 5.92. The number of ether oxygens (including phenoxy) is 2. The van der Waals surface area contributed by atoms with Gasteiger partial charge in [0.2, 0.25) is 0 Å². The predicted molar refractivity (Wildman–Crippen MR) is 141 cm³/mol. The summed E-state index contributed by atoms with van der Waals surface area (Å²) < 4.78 is 11.3. The maximum absolute atomic E-state index is 12.5. The summed E-state index contributed by atoms with van der Waals surface area (Å²) in [5, 5.41) is 15.2. The summed E-state index contributed by atoms with van der Waals surface area (Å²) in [4.78, 5) is 25.0. The summed E-state index contributed by atoms with van der Waals surface area (Å²) in [5.41, 5.74) is 3.78. The largest absolute Gasteiger partial charge is 0.490 e. The second-order valence-corrected chi connectivity index (χ2v) is 8.30. The van der Waals surface area contributed by atoms with Gasteiger partial charge in [0.1, 0.15) is 11.6 Å². The summed E-state index contributed by atoms with van der Waals surface area (Å²) in [5.74, 6) is -0.430. The number of benzene rings is 3. The fourth-order valence-electron chi connectivity index (χ4n) is 3.26. The van der Waals surface area contributed by atoms with E-state index in [4.69, 9.17) is 21.1 Å². The summed E-state index contributed by atoms with van der Waals surface area (Å²) in [6, 6.07) is 19.5. The minimum Gasteiger partial charge on any atom is -0.490 e. The van der Waals surface area contributed by atoms with Gasteiger partial charge in [-0.2, -0.15) is 5.26 Å². The number of rotatable bonds is 9. The Kier molecular flexibility index (Phi) is 9.09. The molecule has 3 aromatic carbocycles. The van der Waals surface area contributed by atoms with Crippen molar-refractivity contribution in [2.75, 3.05) is 23.8 Å². The first-order valence-electron chi connectivity index (χ1n) is 11.2.